The summed E-state index contributed by atoms with van der Waals surface area (Å²) in [6.07, 6.45) is 1.38. The van der Waals surface area contributed by atoms with Gasteiger partial charge in [0.15, 0.2) is 11.5 Å². The first kappa shape index (κ1) is 16.5. The molecule has 0 aliphatic rings. The highest BCUT2D eigenvalue weighted by molar-refractivity contribution is 7.13. The van der Waals surface area contributed by atoms with E-state index in [1.54, 1.807) is 15.9 Å². The van der Waals surface area contributed by atoms with Gasteiger partial charge in [-0.1, -0.05) is 18.2 Å². The number of hydrogen-bond acceptors (Lipinski definition) is 7. The van der Waals surface area contributed by atoms with Crippen LogP contribution in [0.25, 0.3) is 27.6 Å². The highest BCUT2D eigenvalue weighted by Gasteiger charge is 2.11. The number of nitrogens with zero attached hydrogens (tertiary/aromatic N) is 6. The molecule has 1 N–H and O–H groups in total. The molecule has 0 unspecified atom stereocenters. The molecule has 7 nitrogen and oxygen atoms in total. The first-order valence-electron chi connectivity index (χ1n) is 7.92. The van der Waals surface area contributed by atoms with E-state index in [4.69, 9.17) is 10.5 Å². The molecule has 0 spiro atoms. The molecule has 1 aromatic carbocycles. The van der Waals surface area contributed by atoms with Gasteiger partial charge in [-0.15, -0.1) is 21.5 Å². The van der Waals surface area contributed by atoms with Crippen LogP contribution in [0.5, 0.6) is 0 Å². The lowest BCUT2D eigenvalue weighted by Crippen LogP contribution is -1.97. The summed E-state index contributed by atoms with van der Waals surface area (Å²) in [7, 11) is 0. The Morgan fingerprint density at radius 1 is 1.07 bits per heavy atom. The van der Waals surface area contributed by atoms with Gasteiger partial charge < -0.3 is 5.32 Å². The minimum absolute atomic E-state index is 0.00465. The van der Waals surface area contributed by atoms with Gasteiger partial charge in [-0.05, 0) is 35.7 Å². The lowest BCUT2D eigenvalue weighted by atomic mass is 10.1. The molecule has 0 saturated heterocycles. The number of thiophene rings is 1. The summed E-state index contributed by atoms with van der Waals surface area (Å²) in [4.78, 5) is 0.994. The number of anilines is 1. The summed E-state index contributed by atoms with van der Waals surface area (Å²) in [6, 6.07) is 18.9. The zero-order chi connectivity index (χ0) is 18.6. The maximum absolute atomic E-state index is 8.82. The van der Waals surface area contributed by atoms with Crippen LogP contribution in [0.3, 0.4) is 0 Å². The first-order valence-corrected chi connectivity index (χ1v) is 8.80. The Bertz CT molecular complexity index is 1210. The van der Waals surface area contributed by atoms with Gasteiger partial charge in [0.25, 0.3) is 0 Å². The molecule has 0 amide bonds. The van der Waals surface area contributed by atoms with Crippen LogP contribution in [0, 0.1) is 22.7 Å². The fraction of sp³-hybridized carbons (Fsp3) is 0. The summed E-state index contributed by atoms with van der Waals surface area (Å²) < 4.78 is 1.73. The lowest BCUT2D eigenvalue weighted by Gasteiger charge is -2.06. The zero-order valence-electron chi connectivity index (χ0n) is 13.9. The molecule has 3 heterocycles. The molecular formula is C19H11N7S. The molecule has 4 rings (SSSR count). The second-order valence-electron chi connectivity index (χ2n) is 5.50. The Kier molecular flexibility index (Phi) is 4.32. The van der Waals surface area contributed by atoms with Crippen molar-refractivity contribution in [3.8, 4) is 34.1 Å². The number of fused-ring (bicyclic) bond motifs is 1. The van der Waals surface area contributed by atoms with Crippen molar-refractivity contribution >= 4 is 22.7 Å². The average molecular weight is 369 g/mol. The number of allylic oxidation sites excluding steroid dienone is 1. The Balaban J connectivity index is 1.72. The summed E-state index contributed by atoms with van der Waals surface area (Å²) in [6.45, 7) is 0. The summed E-state index contributed by atoms with van der Waals surface area (Å²) in [5, 5.41) is 35.7. The molecule has 0 bridgehead atoms. The second-order valence-corrected chi connectivity index (χ2v) is 6.44. The molecule has 3 aromatic heterocycles. The van der Waals surface area contributed by atoms with Gasteiger partial charge in [0, 0.05) is 17.5 Å². The third-order valence-electron chi connectivity index (χ3n) is 3.79. The molecule has 27 heavy (non-hydrogen) atoms. The third kappa shape index (κ3) is 3.25. The zero-order valence-corrected chi connectivity index (χ0v) is 14.7. The van der Waals surface area contributed by atoms with Crippen molar-refractivity contribution in [1.29, 1.82) is 10.5 Å². The predicted octanol–water partition coefficient (Wildman–Crippen LogP) is 3.86. The molecule has 4 aromatic rings. The van der Waals surface area contributed by atoms with Gasteiger partial charge in [0.05, 0.1) is 10.6 Å². The van der Waals surface area contributed by atoms with Crippen LogP contribution in [0.1, 0.15) is 0 Å². The van der Waals surface area contributed by atoms with Crippen LogP contribution in [-0.4, -0.2) is 19.8 Å². The largest absolute Gasteiger partial charge is 0.360 e. The van der Waals surface area contributed by atoms with Crippen molar-refractivity contribution < 1.29 is 0 Å². The monoisotopic (exact) mass is 369 g/mol. The van der Waals surface area contributed by atoms with E-state index < -0.39 is 0 Å². The van der Waals surface area contributed by atoms with Crippen molar-refractivity contribution in [1.82, 2.24) is 19.8 Å². The topological polar surface area (TPSA) is 103 Å². The van der Waals surface area contributed by atoms with Gasteiger partial charge >= 0.3 is 0 Å². The molecule has 0 atom stereocenters. The van der Waals surface area contributed by atoms with E-state index in [0.717, 1.165) is 21.8 Å². The number of rotatable bonds is 4. The number of benzene rings is 1. The lowest BCUT2D eigenvalue weighted by molar-refractivity contribution is 0.944. The highest BCUT2D eigenvalue weighted by Crippen LogP contribution is 2.25. The van der Waals surface area contributed by atoms with E-state index >= 15 is 0 Å². The minimum atomic E-state index is 0.00465. The van der Waals surface area contributed by atoms with Crippen molar-refractivity contribution in [2.75, 3.05) is 5.32 Å². The average Bonchev–Trinajstić information content (AvgIpc) is 3.38. The Morgan fingerprint density at radius 3 is 2.74 bits per heavy atom. The van der Waals surface area contributed by atoms with Gasteiger partial charge in [-0.3, -0.25) is 0 Å². The first-order chi connectivity index (χ1) is 13.3. The molecule has 128 valence electrons. The third-order valence-corrected chi connectivity index (χ3v) is 4.65. The van der Waals surface area contributed by atoms with Crippen LogP contribution in [0.2, 0.25) is 0 Å². The van der Waals surface area contributed by atoms with Crippen molar-refractivity contribution in [2.24, 2.45) is 0 Å². The quantitative estimate of drug-likeness (QED) is 0.548. The molecule has 0 aliphatic heterocycles. The Labute approximate surface area is 158 Å². The van der Waals surface area contributed by atoms with Crippen LogP contribution in [0.4, 0.5) is 5.69 Å². The summed E-state index contributed by atoms with van der Waals surface area (Å²) in [5.41, 5.74) is 3.07. The van der Waals surface area contributed by atoms with Gasteiger partial charge in [0.2, 0.25) is 0 Å². The number of nitriles is 2. The van der Waals surface area contributed by atoms with E-state index in [0.29, 0.717) is 11.5 Å². The second kappa shape index (κ2) is 7.08. The minimum Gasteiger partial charge on any atom is -0.360 e. The van der Waals surface area contributed by atoms with E-state index in [9.17, 15) is 0 Å². The van der Waals surface area contributed by atoms with E-state index in [1.807, 2.05) is 66.0 Å². The number of hydrogen-bond donors (Lipinski definition) is 1. The number of aromatic nitrogens is 4. The van der Waals surface area contributed by atoms with E-state index in [-0.39, 0.29) is 5.57 Å². The molecule has 0 saturated carbocycles. The van der Waals surface area contributed by atoms with Crippen molar-refractivity contribution in [3.05, 3.63) is 65.7 Å². The van der Waals surface area contributed by atoms with Crippen LogP contribution < -0.4 is 5.32 Å². The highest BCUT2D eigenvalue weighted by atomic mass is 32.1. The molecule has 0 radical (unpaired) electrons. The van der Waals surface area contributed by atoms with E-state index in [2.05, 4.69) is 20.6 Å². The van der Waals surface area contributed by atoms with Crippen LogP contribution >= 0.6 is 11.3 Å². The summed E-state index contributed by atoms with van der Waals surface area (Å²) >= 11 is 1.58. The van der Waals surface area contributed by atoms with Crippen molar-refractivity contribution in [3.63, 3.8) is 0 Å². The van der Waals surface area contributed by atoms with Crippen LogP contribution in [-0.2, 0) is 0 Å². The Hall–Kier alpha value is -4.01. The van der Waals surface area contributed by atoms with Crippen molar-refractivity contribution in [2.45, 2.75) is 0 Å². The van der Waals surface area contributed by atoms with Gasteiger partial charge in [-0.25, -0.2) is 0 Å². The van der Waals surface area contributed by atoms with Gasteiger partial charge in [0.1, 0.15) is 17.7 Å². The number of nitrogens with one attached hydrogen (secondary N) is 1. The molecule has 0 fully saturated rings. The maximum atomic E-state index is 8.82. The standard InChI is InChI=1S/C19H11N7S/c20-10-13(11-21)12-22-15-4-1-3-14(9-15)16-6-7-18-23-24-19(26(18)25-16)17-5-2-8-27-17/h1-9,12,22H. The SMILES string of the molecule is N#CC(C#N)=CNc1cccc(-c2ccc3nnc(-c4cccs4)n3n2)c1. The molecule has 8 heteroatoms. The normalized spacial score (nSPS) is 10.1. The van der Waals surface area contributed by atoms with E-state index in [1.165, 1.54) is 6.20 Å². The predicted molar refractivity (Wildman–Crippen MR) is 102 cm³/mol. The smallest absolute Gasteiger partial charge is 0.195 e. The summed E-state index contributed by atoms with van der Waals surface area (Å²) in [5.74, 6) is 0.701. The maximum Gasteiger partial charge on any atom is 0.195 e. The molecular weight excluding hydrogens is 358 g/mol. The molecule has 0 aliphatic carbocycles. The van der Waals surface area contributed by atoms with Crippen LogP contribution in [0.15, 0.2) is 65.7 Å². The van der Waals surface area contributed by atoms with Gasteiger partial charge in [-0.2, -0.15) is 20.1 Å². The fourth-order valence-corrected chi connectivity index (χ4v) is 3.21. The Morgan fingerprint density at radius 2 is 1.96 bits per heavy atom. The fourth-order valence-electron chi connectivity index (χ4n) is 2.52.